The van der Waals surface area contributed by atoms with Crippen molar-refractivity contribution in [2.75, 3.05) is 6.61 Å². The maximum atomic E-state index is 14.7. The molecule has 14 nitrogen and oxygen atoms in total. The van der Waals surface area contributed by atoms with Crippen molar-refractivity contribution >= 4 is 35.7 Å². The van der Waals surface area contributed by atoms with Gasteiger partial charge in [0, 0.05) is 18.2 Å². The van der Waals surface area contributed by atoms with Gasteiger partial charge in [-0.2, -0.15) is 8.62 Å². The number of H-pyrrole nitrogens is 1. The first kappa shape index (κ1) is 25.6. The van der Waals surface area contributed by atoms with Crippen molar-refractivity contribution in [3.05, 3.63) is 26.9 Å². The van der Waals surface area contributed by atoms with Crippen molar-refractivity contribution in [2.24, 2.45) is 0 Å². The van der Waals surface area contributed by atoms with Crippen LogP contribution in [0.15, 0.2) is 11.0 Å². The monoisotopic (exact) mass is 518 g/mol. The van der Waals surface area contributed by atoms with Crippen molar-refractivity contribution < 1.29 is 59.9 Å². The van der Waals surface area contributed by atoms with Gasteiger partial charge in [-0.05, 0) is 6.92 Å². The fraction of sp³-hybridized carbons (Fsp3) is 0.600. The Bertz CT molecular complexity index is 1070. The zero-order valence-electron chi connectivity index (χ0n) is 14.7. The van der Waals surface area contributed by atoms with Crippen molar-refractivity contribution in [3.63, 3.8) is 0 Å². The Hall–Kier alpha value is -0.670. The molecule has 1 aromatic heterocycles. The number of aromatic nitrogens is 2. The maximum absolute atomic E-state index is 14.7. The molecule has 1 aromatic rings. The Labute approximate surface area is 170 Å². The number of phosphoric ester groups is 1. The first-order chi connectivity index (χ1) is 13.4. The molecule has 0 saturated carbocycles. The molecule has 0 radical (unpaired) electrons. The van der Waals surface area contributed by atoms with Crippen molar-refractivity contribution in [3.8, 4) is 0 Å². The second-order valence-corrected chi connectivity index (χ2v) is 10.7. The number of alkyl halides is 2. The third-order valence-electron chi connectivity index (χ3n) is 3.50. The van der Waals surface area contributed by atoms with Gasteiger partial charge in [0.05, 0.1) is 0 Å². The molecule has 1 aliphatic rings. The van der Waals surface area contributed by atoms with E-state index in [0.29, 0.717) is 5.56 Å². The van der Waals surface area contributed by atoms with E-state index >= 15 is 0 Å². The Kier molecular flexibility index (Phi) is 7.42. The van der Waals surface area contributed by atoms with E-state index in [1.807, 2.05) is 0 Å². The second kappa shape index (κ2) is 8.70. The zero-order valence-corrected chi connectivity index (χ0v) is 18.2. The molecule has 0 bridgehead atoms. The van der Waals surface area contributed by atoms with E-state index in [1.54, 1.807) is 0 Å². The maximum Gasteiger partial charge on any atom is 0.490 e. The average molecular weight is 518 g/mol. The SMILES string of the molecule is Cc1cn([C@H]2C[C@H](F)[C@@](F)(COP(=O)(O)OP(=O)(O)OP(=O)(O)O)O2)c(=O)[nH]c1=S. The minimum atomic E-state index is -5.83. The van der Waals surface area contributed by atoms with E-state index in [2.05, 4.69) is 18.1 Å². The zero-order chi connectivity index (χ0) is 23.1. The Morgan fingerprint density at radius 3 is 2.47 bits per heavy atom. The van der Waals surface area contributed by atoms with E-state index in [0.717, 1.165) is 4.57 Å². The predicted octanol–water partition coefficient (Wildman–Crippen LogP) is 1.48. The number of aromatic amines is 1. The molecule has 0 spiro atoms. The second-order valence-electron chi connectivity index (χ2n) is 5.91. The summed E-state index contributed by atoms with van der Waals surface area (Å²) in [5, 5.41) is 0. The van der Waals surface area contributed by atoms with Gasteiger partial charge in [0.1, 0.15) is 17.5 Å². The smallest absolute Gasteiger partial charge is 0.317 e. The molecule has 20 heteroatoms. The third kappa shape index (κ3) is 6.66. The molecular weight excluding hydrogens is 503 g/mol. The van der Waals surface area contributed by atoms with Crippen LogP contribution in [-0.2, 0) is 31.6 Å². The van der Waals surface area contributed by atoms with E-state index in [4.69, 9.17) is 31.6 Å². The molecule has 0 aromatic carbocycles. The van der Waals surface area contributed by atoms with Crippen molar-refractivity contribution in [2.45, 2.75) is 31.6 Å². The highest BCUT2D eigenvalue weighted by Gasteiger charge is 2.53. The minimum absolute atomic E-state index is 0.0882. The number of rotatable bonds is 8. The van der Waals surface area contributed by atoms with Gasteiger partial charge in [0.15, 0.2) is 6.17 Å². The minimum Gasteiger partial charge on any atom is -0.317 e. The fourth-order valence-electron chi connectivity index (χ4n) is 2.27. The van der Waals surface area contributed by atoms with E-state index in [9.17, 15) is 32.2 Å². The summed E-state index contributed by atoms with van der Waals surface area (Å²) in [5.74, 6) is -3.39. The number of ether oxygens (including phenoxy) is 1. The molecule has 172 valence electrons. The van der Waals surface area contributed by atoms with Gasteiger partial charge in [-0.25, -0.2) is 27.3 Å². The van der Waals surface area contributed by atoms with Gasteiger partial charge < -0.3 is 24.3 Å². The standard InChI is InChI=1S/C10H15F2N2O12P3S/c1-5-3-14(9(15)13-8(5)30)7-2-6(11)10(12,24-7)4-23-28(19,20)26-29(21,22)25-27(16,17)18/h3,6-7H,2,4H2,1H3,(H,19,20)(H,21,22)(H,13,15,30)(H2,16,17,18)/t6-,7+,10+/m0/s1. The molecule has 2 heterocycles. The molecule has 1 fully saturated rings. The van der Waals surface area contributed by atoms with Crippen LogP contribution in [0.1, 0.15) is 18.2 Å². The molecule has 30 heavy (non-hydrogen) atoms. The highest BCUT2D eigenvalue weighted by atomic mass is 32.1. The summed E-state index contributed by atoms with van der Waals surface area (Å²) in [6, 6.07) is 0. The molecule has 2 rings (SSSR count). The highest BCUT2D eigenvalue weighted by molar-refractivity contribution is 7.71. The lowest BCUT2D eigenvalue weighted by Crippen LogP contribution is -2.37. The number of phosphoric acid groups is 3. The molecule has 0 aliphatic carbocycles. The van der Waals surface area contributed by atoms with Crippen LogP contribution < -0.4 is 5.69 Å². The van der Waals surface area contributed by atoms with Crippen LogP contribution in [-0.4, -0.2) is 47.8 Å². The normalized spacial score (nSPS) is 28.8. The van der Waals surface area contributed by atoms with Crippen LogP contribution in [0.2, 0.25) is 0 Å². The van der Waals surface area contributed by atoms with Gasteiger partial charge in [-0.1, -0.05) is 12.2 Å². The fourth-order valence-corrected chi connectivity index (χ4v) is 5.44. The summed E-state index contributed by atoms with van der Waals surface area (Å²) in [6.07, 6.45) is -3.54. The van der Waals surface area contributed by atoms with Gasteiger partial charge >= 0.3 is 29.2 Å². The largest absolute Gasteiger partial charge is 0.490 e. The van der Waals surface area contributed by atoms with Crippen molar-refractivity contribution in [1.82, 2.24) is 9.55 Å². The van der Waals surface area contributed by atoms with Crippen LogP contribution in [0.4, 0.5) is 8.78 Å². The number of hydrogen-bond donors (Lipinski definition) is 5. The first-order valence-corrected chi connectivity index (χ1v) is 12.5. The van der Waals surface area contributed by atoms with Crippen LogP contribution >= 0.6 is 35.7 Å². The first-order valence-electron chi connectivity index (χ1n) is 7.54. The number of halogens is 2. The quantitative estimate of drug-likeness (QED) is 0.244. The van der Waals surface area contributed by atoms with E-state index in [1.165, 1.54) is 13.1 Å². The van der Waals surface area contributed by atoms with E-state index < -0.39 is 60.4 Å². The van der Waals surface area contributed by atoms with Gasteiger partial charge in [-0.15, -0.1) is 0 Å². The summed E-state index contributed by atoms with van der Waals surface area (Å²) in [4.78, 5) is 49.4. The number of aryl methyl sites for hydroxylation is 1. The van der Waals surface area contributed by atoms with Crippen molar-refractivity contribution in [1.29, 1.82) is 0 Å². The predicted molar refractivity (Wildman–Crippen MR) is 93.9 cm³/mol. The van der Waals surface area contributed by atoms with Crippen LogP contribution in [0.3, 0.4) is 0 Å². The van der Waals surface area contributed by atoms with Gasteiger partial charge in [0.2, 0.25) is 0 Å². The topological polar surface area (TPSA) is 207 Å². The summed E-state index contributed by atoms with van der Waals surface area (Å²) in [5.41, 5.74) is -0.465. The Balaban J connectivity index is 2.11. The molecule has 0 amide bonds. The average Bonchev–Trinajstić information content (AvgIpc) is 2.81. The lowest BCUT2D eigenvalue weighted by Gasteiger charge is -2.24. The Morgan fingerprint density at radius 2 is 1.90 bits per heavy atom. The highest BCUT2D eigenvalue weighted by Crippen LogP contribution is 2.66. The summed E-state index contributed by atoms with van der Waals surface area (Å²) in [7, 11) is -17.1. The number of nitrogens with zero attached hydrogens (tertiary/aromatic N) is 1. The van der Waals surface area contributed by atoms with E-state index in [-0.39, 0.29) is 4.64 Å². The summed E-state index contributed by atoms with van der Waals surface area (Å²) in [6.45, 7) is -0.153. The molecule has 5 atom stereocenters. The molecular formula is C10H15F2N2O12P3S. The number of nitrogens with one attached hydrogen (secondary N) is 1. The lowest BCUT2D eigenvalue weighted by atomic mass is 10.2. The molecule has 1 saturated heterocycles. The van der Waals surface area contributed by atoms with Crippen LogP contribution in [0, 0.1) is 11.6 Å². The number of hydrogen-bond acceptors (Lipinski definition) is 9. The third-order valence-corrected chi connectivity index (χ3v) is 7.71. The van der Waals surface area contributed by atoms with Crippen LogP contribution in [0.25, 0.3) is 0 Å². The Morgan fingerprint density at radius 1 is 1.30 bits per heavy atom. The van der Waals surface area contributed by atoms with Gasteiger partial charge in [-0.3, -0.25) is 14.1 Å². The van der Waals surface area contributed by atoms with Crippen LogP contribution in [0.5, 0.6) is 0 Å². The summed E-state index contributed by atoms with van der Waals surface area (Å²) >= 11 is 4.85. The van der Waals surface area contributed by atoms with Gasteiger partial charge in [0.25, 0.3) is 5.85 Å². The molecule has 1 aliphatic heterocycles. The lowest BCUT2D eigenvalue weighted by molar-refractivity contribution is -0.193. The molecule has 2 unspecified atom stereocenters. The summed E-state index contributed by atoms with van der Waals surface area (Å²) < 4.78 is 79.0. The molecule has 5 N–H and O–H groups in total.